The van der Waals surface area contributed by atoms with Crippen LogP contribution in [0.1, 0.15) is 6.92 Å². The van der Waals surface area contributed by atoms with E-state index in [-0.39, 0.29) is 12.4 Å². The van der Waals surface area contributed by atoms with Gasteiger partial charge in [0.05, 0.1) is 0 Å². The third kappa shape index (κ3) is 8.86. The number of Topliss-reactive ketones (excluding diaryl/α,β-unsaturated/α-hetero) is 1. The molecule has 0 saturated carbocycles. The molecule has 0 N–H and O–H groups in total. The summed E-state index contributed by atoms with van der Waals surface area (Å²) in [5, 5.41) is 0. The summed E-state index contributed by atoms with van der Waals surface area (Å²) in [5.41, 5.74) is 0. The second-order valence-corrected chi connectivity index (χ2v) is 2.90. The van der Waals surface area contributed by atoms with Gasteiger partial charge in [0.25, 0.3) is 0 Å². The Hall–Kier alpha value is 0.895. The van der Waals surface area contributed by atoms with Gasteiger partial charge in [0.1, 0.15) is 0 Å². The molecule has 0 aromatic heterocycles. The summed E-state index contributed by atoms with van der Waals surface area (Å²) in [4.78, 5) is 9.86. The van der Waals surface area contributed by atoms with Crippen molar-refractivity contribution in [2.24, 2.45) is 0 Å². The van der Waals surface area contributed by atoms with Crippen molar-refractivity contribution in [3.8, 4) is 0 Å². The maximum absolute atomic E-state index is 9.86. The average Bonchev–Trinajstić information content (AvgIpc) is 1.38. The van der Waals surface area contributed by atoms with Crippen LogP contribution in [0, 0.1) is 0 Å². The SMILES string of the molecule is CC(=O)[CH2][Hg+].[Cl-]. The number of carbonyl (C=O) groups is 1. The van der Waals surface area contributed by atoms with Gasteiger partial charge in [-0.1, -0.05) is 0 Å². The molecular formula is C3H5ClHgO. The van der Waals surface area contributed by atoms with Gasteiger partial charge in [0.2, 0.25) is 0 Å². The predicted octanol–water partition coefficient (Wildman–Crippen LogP) is -2.46. The Labute approximate surface area is 59.9 Å². The first kappa shape index (κ1) is 10.00. The number of rotatable bonds is 1. The van der Waals surface area contributed by atoms with Gasteiger partial charge in [-0.2, -0.15) is 0 Å². The first-order chi connectivity index (χ1) is 2.27. The molecule has 0 fully saturated rings. The second kappa shape index (κ2) is 5.90. The van der Waals surface area contributed by atoms with E-state index < -0.39 is 0 Å². The Balaban J connectivity index is 0. The van der Waals surface area contributed by atoms with Crippen LogP contribution in [-0.2, 0) is 30.9 Å². The fourth-order valence-electron chi connectivity index (χ4n) is 0. The normalized spacial score (nSPS) is 6.50. The molecule has 3 heteroatoms. The molecule has 0 unspecified atom stereocenters. The molecule has 0 atom stereocenters. The summed E-state index contributed by atoms with van der Waals surface area (Å²) in [6.07, 6.45) is 0. The molecule has 0 amide bonds. The van der Waals surface area contributed by atoms with Crippen LogP contribution in [0.2, 0.25) is 3.93 Å². The number of ketones is 1. The van der Waals surface area contributed by atoms with Crippen molar-refractivity contribution in [1.82, 2.24) is 0 Å². The number of hydrogen-bond acceptors (Lipinski definition) is 1. The first-order valence-electron chi connectivity index (χ1n) is 1.56. The zero-order valence-corrected chi connectivity index (χ0v) is 9.95. The van der Waals surface area contributed by atoms with E-state index in [1.165, 1.54) is 0 Å². The molecule has 0 radical (unpaired) electrons. The van der Waals surface area contributed by atoms with Gasteiger partial charge in [0.15, 0.2) is 0 Å². The molecule has 6 heavy (non-hydrogen) atoms. The molecule has 1 nitrogen and oxygen atoms in total. The zero-order chi connectivity index (χ0) is 4.28. The Bertz CT molecular complexity index is 46.1. The van der Waals surface area contributed by atoms with Crippen LogP contribution in [0.25, 0.3) is 0 Å². The average molecular weight is 293 g/mol. The predicted molar refractivity (Wildman–Crippen MR) is 15.5 cm³/mol. The molecule has 0 aromatic carbocycles. The maximum atomic E-state index is 9.86. The standard InChI is InChI=1S/C3H5O.ClH.Hg/c1-3(2)4;;/h1H2,2H3;1H;/q;;+1/p-1. The quantitative estimate of drug-likeness (QED) is 0.490. The van der Waals surface area contributed by atoms with Gasteiger partial charge < -0.3 is 12.4 Å². The molecule has 32 valence electrons. The molecular weight excluding hydrogens is 288 g/mol. The number of carbonyl (C=O) groups excluding carboxylic acids is 1. The van der Waals surface area contributed by atoms with Crippen LogP contribution in [0.3, 0.4) is 0 Å². The van der Waals surface area contributed by atoms with Crippen molar-refractivity contribution in [1.29, 1.82) is 0 Å². The summed E-state index contributed by atoms with van der Waals surface area (Å²) in [6.45, 7) is 1.63. The minimum atomic E-state index is 0. The molecule has 0 bridgehead atoms. The van der Waals surface area contributed by atoms with E-state index in [4.69, 9.17) is 0 Å². The maximum Gasteiger partial charge on any atom is -1.00 e. The topological polar surface area (TPSA) is 17.1 Å². The largest absolute Gasteiger partial charge is 1.00 e. The van der Waals surface area contributed by atoms with Gasteiger partial charge >= 0.3 is 47.6 Å². The Morgan fingerprint density at radius 1 is 1.83 bits per heavy atom. The van der Waals surface area contributed by atoms with E-state index in [2.05, 4.69) is 0 Å². The number of hydrogen-bond donors (Lipinski definition) is 0. The van der Waals surface area contributed by atoms with Crippen molar-refractivity contribution in [3.63, 3.8) is 0 Å². The third-order valence-corrected chi connectivity index (χ3v) is 3.09. The minimum Gasteiger partial charge on any atom is -1.00 e. The molecule has 0 rings (SSSR count). The summed E-state index contributed by atoms with van der Waals surface area (Å²) >= 11 is 0.694. The van der Waals surface area contributed by atoms with E-state index in [1.54, 1.807) is 6.92 Å². The van der Waals surface area contributed by atoms with Crippen LogP contribution in [0.4, 0.5) is 0 Å². The van der Waals surface area contributed by atoms with Gasteiger partial charge in [-0.25, -0.2) is 0 Å². The van der Waals surface area contributed by atoms with E-state index in [9.17, 15) is 4.79 Å². The van der Waals surface area contributed by atoms with Crippen LogP contribution >= 0.6 is 0 Å². The van der Waals surface area contributed by atoms with Crippen LogP contribution in [-0.4, -0.2) is 5.78 Å². The van der Waals surface area contributed by atoms with Crippen molar-refractivity contribution in [2.45, 2.75) is 10.9 Å². The van der Waals surface area contributed by atoms with Gasteiger partial charge in [-0.05, 0) is 0 Å². The van der Waals surface area contributed by atoms with Crippen molar-refractivity contribution in [2.75, 3.05) is 0 Å². The Morgan fingerprint density at radius 2 is 2.00 bits per heavy atom. The third-order valence-electron chi connectivity index (χ3n) is 0.352. The monoisotopic (exact) mass is 294 g/mol. The van der Waals surface area contributed by atoms with E-state index in [0.717, 1.165) is 3.93 Å². The first-order valence-corrected chi connectivity index (χ1v) is 5.45. The zero-order valence-electron chi connectivity index (χ0n) is 3.70. The summed E-state index contributed by atoms with van der Waals surface area (Å²) in [5.74, 6) is 0.341. The van der Waals surface area contributed by atoms with Gasteiger partial charge in [-0.3, -0.25) is 0 Å². The van der Waals surface area contributed by atoms with Crippen LogP contribution < -0.4 is 12.4 Å². The van der Waals surface area contributed by atoms with E-state index >= 15 is 0 Å². The van der Waals surface area contributed by atoms with E-state index in [0.29, 0.717) is 31.9 Å². The van der Waals surface area contributed by atoms with Crippen LogP contribution in [0.5, 0.6) is 0 Å². The molecule has 0 heterocycles. The smallest absolute Gasteiger partial charge is 1.00 e. The number of halogens is 1. The summed E-state index contributed by atoms with van der Waals surface area (Å²) in [7, 11) is 0. The molecule has 0 aliphatic carbocycles. The molecule has 0 saturated heterocycles. The van der Waals surface area contributed by atoms with Crippen molar-refractivity contribution in [3.05, 3.63) is 0 Å². The van der Waals surface area contributed by atoms with Gasteiger partial charge in [-0.15, -0.1) is 0 Å². The van der Waals surface area contributed by atoms with E-state index in [1.807, 2.05) is 0 Å². The van der Waals surface area contributed by atoms with Gasteiger partial charge in [0, 0.05) is 0 Å². The van der Waals surface area contributed by atoms with Crippen molar-refractivity contribution < 1.29 is 43.3 Å². The summed E-state index contributed by atoms with van der Waals surface area (Å²) in [6, 6.07) is 0. The second-order valence-electron chi connectivity index (χ2n) is 0.952. The van der Waals surface area contributed by atoms with Crippen molar-refractivity contribution >= 4 is 5.78 Å². The molecule has 0 aliphatic rings. The fourth-order valence-corrected chi connectivity index (χ4v) is 0. The Kier molecular flexibility index (Phi) is 9.83. The fraction of sp³-hybridized carbons (Fsp3) is 0.667. The minimum absolute atomic E-state index is 0. The molecule has 0 spiro atoms. The molecule has 0 aliphatic heterocycles. The van der Waals surface area contributed by atoms with Crippen LogP contribution in [0.15, 0.2) is 0 Å². The Morgan fingerprint density at radius 3 is 2.00 bits per heavy atom. The molecule has 0 aromatic rings. The summed E-state index contributed by atoms with van der Waals surface area (Å²) < 4.78 is 0.861.